The van der Waals surface area contributed by atoms with E-state index in [-0.39, 0.29) is 0 Å². The van der Waals surface area contributed by atoms with Gasteiger partial charge in [0.15, 0.2) is 0 Å². The summed E-state index contributed by atoms with van der Waals surface area (Å²) in [5.41, 5.74) is 3.61. The summed E-state index contributed by atoms with van der Waals surface area (Å²) in [5.74, 6) is 0. The monoisotopic (exact) mass is 377 g/mol. The van der Waals surface area contributed by atoms with E-state index in [2.05, 4.69) is 71.4 Å². The molecule has 0 bridgehead atoms. The van der Waals surface area contributed by atoms with Gasteiger partial charge in [-0.15, -0.1) is 0 Å². The smallest absolute Gasteiger partial charge is 0.0652 e. The van der Waals surface area contributed by atoms with E-state index in [0.717, 1.165) is 43.5 Å². The Balaban J connectivity index is 1.41. The van der Waals surface area contributed by atoms with Crippen LogP contribution in [0.1, 0.15) is 18.1 Å². The Morgan fingerprint density at radius 2 is 1.59 bits per heavy atom. The van der Waals surface area contributed by atoms with Crippen molar-refractivity contribution in [3.63, 3.8) is 0 Å². The Labute approximate surface area is 165 Å². The molecule has 3 aromatic rings. The zero-order valence-electron chi connectivity index (χ0n) is 15.6. The van der Waals surface area contributed by atoms with E-state index < -0.39 is 0 Å². The van der Waals surface area contributed by atoms with E-state index in [1.165, 1.54) is 21.9 Å². The standard InChI is InChI=1S/C23H24ClN3/c1-18(22-8-4-6-20-5-2-3-7-23(20)22)25-27-15-13-26(14-16-27)17-19-9-11-21(24)12-10-19/h2-12H,13-17H2,1H3/b25-18+. The largest absolute Gasteiger partial charge is 0.295 e. The van der Waals surface area contributed by atoms with Crippen LogP contribution in [0, 0.1) is 0 Å². The Morgan fingerprint density at radius 3 is 2.37 bits per heavy atom. The van der Waals surface area contributed by atoms with Crippen molar-refractivity contribution in [2.45, 2.75) is 13.5 Å². The van der Waals surface area contributed by atoms with E-state index in [9.17, 15) is 0 Å². The van der Waals surface area contributed by atoms with Gasteiger partial charge in [0, 0.05) is 43.3 Å². The van der Waals surface area contributed by atoms with Crippen LogP contribution in [0.4, 0.5) is 0 Å². The summed E-state index contributed by atoms with van der Waals surface area (Å²) in [5, 5.41) is 10.4. The number of benzene rings is 3. The second-order valence-electron chi connectivity index (χ2n) is 7.07. The number of hydrogen-bond acceptors (Lipinski definition) is 3. The molecule has 0 aliphatic carbocycles. The average molecular weight is 378 g/mol. The van der Waals surface area contributed by atoms with Crippen molar-refractivity contribution in [1.82, 2.24) is 9.91 Å². The van der Waals surface area contributed by atoms with Crippen molar-refractivity contribution in [2.24, 2.45) is 5.10 Å². The lowest BCUT2D eigenvalue weighted by Gasteiger charge is -2.33. The molecule has 0 radical (unpaired) electrons. The molecule has 3 nitrogen and oxygen atoms in total. The van der Waals surface area contributed by atoms with Crippen LogP contribution in [0.5, 0.6) is 0 Å². The van der Waals surface area contributed by atoms with Crippen LogP contribution >= 0.6 is 11.6 Å². The van der Waals surface area contributed by atoms with Crippen molar-refractivity contribution in [2.75, 3.05) is 26.2 Å². The van der Waals surface area contributed by atoms with Crippen molar-refractivity contribution in [3.05, 3.63) is 82.9 Å². The van der Waals surface area contributed by atoms with Crippen molar-refractivity contribution in [3.8, 4) is 0 Å². The van der Waals surface area contributed by atoms with Gasteiger partial charge in [0.25, 0.3) is 0 Å². The molecule has 4 heteroatoms. The van der Waals surface area contributed by atoms with E-state index in [1.807, 2.05) is 12.1 Å². The van der Waals surface area contributed by atoms with E-state index in [1.54, 1.807) is 0 Å². The molecule has 0 amide bonds. The van der Waals surface area contributed by atoms with Crippen LogP contribution in [0.3, 0.4) is 0 Å². The molecule has 1 fully saturated rings. The Morgan fingerprint density at radius 1 is 0.889 bits per heavy atom. The molecule has 3 aromatic carbocycles. The second-order valence-corrected chi connectivity index (χ2v) is 7.50. The first kappa shape index (κ1) is 18.0. The predicted molar refractivity (Wildman–Crippen MR) is 114 cm³/mol. The summed E-state index contributed by atoms with van der Waals surface area (Å²) in [7, 11) is 0. The number of nitrogens with zero attached hydrogens (tertiary/aromatic N) is 3. The van der Waals surface area contributed by atoms with Gasteiger partial charge in [-0.1, -0.05) is 66.2 Å². The normalized spacial score (nSPS) is 16.1. The van der Waals surface area contributed by atoms with Crippen molar-refractivity contribution < 1.29 is 0 Å². The molecule has 0 N–H and O–H groups in total. The highest BCUT2D eigenvalue weighted by atomic mass is 35.5. The predicted octanol–water partition coefficient (Wildman–Crippen LogP) is 5.04. The highest BCUT2D eigenvalue weighted by Gasteiger charge is 2.16. The van der Waals surface area contributed by atoms with Gasteiger partial charge in [-0.25, -0.2) is 0 Å². The molecular weight excluding hydrogens is 354 g/mol. The first-order chi connectivity index (χ1) is 13.2. The molecule has 1 aliphatic rings. The lowest BCUT2D eigenvalue weighted by molar-refractivity contribution is 0.130. The molecule has 0 saturated carbocycles. The third kappa shape index (κ3) is 4.32. The van der Waals surface area contributed by atoms with Gasteiger partial charge in [-0.05, 0) is 35.4 Å². The van der Waals surface area contributed by atoms with Gasteiger partial charge in [0.1, 0.15) is 0 Å². The lowest BCUT2D eigenvalue weighted by Crippen LogP contribution is -2.43. The maximum absolute atomic E-state index is 5.97. The number of rotatable bonds is 4. The van der Waals surface area contributed by atoms with Crippen LogP contribution in [-0.4, -0.2) is 41.8 Å². The fraction of sp³-hybridized carbons (Fsp3) is 0.261. The quantitative estimate of drug-likeness (QED) is 0.593. The maximum atomic E-state index is 5.97. The summed E-state index contributed by atoms with van der Waals surface area (Å²) in [6, 6.07) is 23.1. The van der Waals surface area contributed by atoms with Crippen molar-refractivity contribution in [1.29, 1.82) is 0 Å². The van der Waals surface area contributed by atoms with Gasteiger partial charge in [-0.2, -0.15) is 5.10 Å². The molecule has 0 aromatic heterocycles. The SMILES string of the molecule is C/C(=N\N1CCN(Cc2ccc(Cl)cc2)CC1)c1cccc2ccccc12. The van der Waals surface area contributed by atoms with E-state index in [4.69, 9.17) is 16.7 Å². The summed E-state index contributed by atoms with van der Waals surface area (Å²) < 4.78 is 0. The maximum Gasteiger partial charge on any atom is 0.0652 e. The molecule has 138 valence electrons. The molecule has 1 heterocycles. The third-order valence-corrected chi connectivity index (χ3v) is 5.39. The van der Waals surface area contributed by atoms with Crippen LogP contribution in [-0.2, 0) is 6.54 Å². The summed E-state index contributed by atoms with van der Waals surface area (Å²) in [6.45, 7) is 7.04. The Kier molecular flexibility index (Phi) is 5.42. The fourth-order valence-corrected chi connectivity index (χ4v) is 3.78. The van der Waals surface area contributed by atoms with Crippen LogP contribution in [0.25, 0.3) is 10.8 Å². The van der Waals surface area contributed by atoms with Gasteiger partial charge < -0.3 is 0 Å². The summed E-state index contributed by atoms with van der Waals surface area (Å²) in [6.07, 6.45) is 0. The number of halogens is 1. The van der Waals surface area contributed by atoms with Gasteiger partial charge >= 0.3 is 0 Å². The number of piperazine rings is 1. The number of hydrogen-bond donors (Lipinski definition) is 0. The van der Waals surface area contributed by atoms with E-state index >= 15 is 0 Å². The first-order valence-corrected chi connectivity index (χ1v) is 9.82. The fourth-order valence-electron chi connectivity index (χ4n) is 3.65. The second kappa shape index (κ2) is 8.12. The molecule has 0 atom stereocenters. The van der Waals surface area contributed by atoms with Crippen LogP contribution in [0.15, 0.2) is 71.8 Å². The zero-order chi connectivity index (χ0) is 18.6. The molecule has 27 heavy (non-hydrogen) atoms. The van der Waals surface area contributed by atoms with Crippen LogP contribution in [0.2, 0.25) is 5.02 Å². The third-order valence-electron chi connectivity index (χ3n) is 5.14. The van der Waals surface area contributed by atoms with Crippen LogP contribution < -0.4 is 0 Å². The first-order valence-electron chi connectivity index (χ1n) is 9.44. The molecule has 0 spiro atoms. The minimum Gasteiger partial charge on any atom is -0.295 e. The van der Waals surface area contributed by atoms with Gasteiger partial charge in [0.05, 0.1) is 5.71 Å². The molecule has 0 unspecified atom stereocenters. The minimum absolute atomic E-state index is 0.793. The van der Waals surface area contributed by atoms with E-state index in [0.29, 0.717) is 0 Å². The van der Waals surface area contributed by atoms with Gasteiger partial charge in [-0.3, -0.25) is 9.91 Å². The Bertz CT molecular complexity index is 936. The molecule has 1 aliphatic heterocycles. The van der Waals surface area contributed by atoms with Crippen molar-refractivity contribution >= 4 is 28.1 Å². The molecule has 4 rings (SSSR count). The highest BCUT2D eigenvalue weighted by Crippen LogP contribution is 2.20. The summed E-state index contributed by atoms with van der Waals surface area (Å²) in [4.78, 5) is 2.47. The highest BCUT2D eigenvalue weighted by molar-refractivity contribution is 6.30. The zero-order valence-corrected chi connectivity index (χ0v) is 16.4. The van der Waals surface area contributed by atoms with Gasteiger partial charge in [0.2, 0.25) is 0 Å². The minimum atomic E-state index is 0.793. The lowest BCUT2D eigenvalue weighted by atomic mass is 10.0. The topological polar surface area (TPSA) is 18.8 Å². The summed E-state index contributed by atoms with van der Waals surface area (Å²) >= 11 is 5.97. The number of fused-ring (bicyclic) bond motifs is 1. The molecular formula is C23H24ClN3. The number of hydrazone groups is 1. The average Bonchev–Trinajstić information content (AvgIpc) is 2.71. The Hall–Kier alpha value is -2.36. The molecule has 1 saturated heterocycles.